The van der Waals surface area contributed by atoms with Crippen LogP contribution in [0.25, 0.3) is 0 Å². The van der Waals surface area contributed by atoms with Gasteiger partial charge in [0.1, 0.15) is 11.6 Å². The highest BCUT2D eigenvalue weighted by Gasteiger charge is 1.96. The Morgan fingerprint density at radius 1 is 0.857 bits per heavy atom. The van der Waals surface area contributed by atoms with Crippen molar-refractivity contribution >= 4 is 0 Å². The van der Waals surface area contributed by atoms with Gasteiger partial charge < -0.3 is 4.74 Å². The average Bonchev–Trinajstić information content (AvgIpc) is 2.42. The first-order chi connectivity index (χ1) is 9.97. The number of halogens is 1. The normalized spacial score (nSPS) is 10.2. The van der Waals surface area contributed by atoms with Gasteiger partial charge in [-0.15, -0.1) is 0 Å². The van der Waals surface area contributed by atoms with Crippen LogP contribution >= 0.6 is 0 Å². The summed E-state index contributed by atoms with van der Waals surface area (Å²) in [6, 6.07) is 16.5. The molecule has 0 spiro atoms. The molecule has 0 aromatic heterocycles. The van der Waals surface area contributed by atoms with Gasteiger partial charge >= 0.3 is 0 Å². The lowest BCUT2D eigenvalue weighted by atomic mass is 10.0. The minimum Gasteiger partial charge on any atom is -0.491 e. The van der Waals surface area contributed by atoms with Crippen molar-refractivity contribution in [2.75, 3.05) is 0 Å². The van der Waals surface area contributed by atoms with E-state index < -0.39 is 0 Å². The van der Waals surface area contributed by atoms with E-state index in [4.69, 9.17) is 4.74 Å². The Hall–Kier alpha value is -1.83. The molecule has 2 rings (SSSR count). The summed E-state index contributed by atoms with van der Waals surface area (Å²) < 4.78 is 17.8. The van der Waals surface area contributed by atoms with E-state index in [-0.39, 0.29) is 11.9 Å². The Bertz CT molecular complexity index is 489. The average molecular weight is 288 g/mol. The van der Waals surface area contributed by atoms with Crippen LogP contribution in [-0.4, -0.2) is 6.10 Å². The monoisotopic (exact) mass is 288 g/mol. The first-order valence-electron chi connectivity index (χ1n) is 7.43. The van der Waals surface area contributed by atoms with Gasteiger partial charge in [-0.05, 0) is 56.0 Å². The van der Waals surface area contributed by atoms with E-state index >= 15 is 0 Å². The Morgan fingerprint density at radius 2 is 1.43 bits per heavy atom. The molecule has 114 valence electrons. The largest absolute Gasteiger partial charge is 0.491 e. The summed E-state index contributed by atoms with van der Waals surface area (Å²) in [5, 5.41) is 0. The van der Waals surface area contributed by atoms with E-state index in [2.05, 4.69) is 13.8 Å². The molecule has 0 fully saturated rings. The molecule has 0 atom stereocenters. The number of rotatable bonds is 4. The van der Waals surface area contributed by atoms with E-state index in [0.717, 1.165) is 12.2 Å². The van der Waals surface area contributed by atoms with Crippen LogP contribution in [-0.2, 0) is 6.42 Å². The van der Waals surface area contributed by atoms with E-state index in [0.29, 0.717) is 5.92 Å². The first-order valence-corrected chi connectivity index (χ1v) is 7.43. The van der Waals surface area contributed by atoms with E-state index in [9.17, 15) is 4.39 Å². The Balaban J connectivity index is 0.000000211. The molecule has 1 nitrogen and oxygen atoms in total. The van der Waals surface area contributed by atoms with Crippen LogP contribution in [0.2, 0.25) is 0 Å². The summed E-state index contributed by atoms with van der Waals surface area (Å²) in [7, 11) is 0. The summed E-state index contributed by atoms with van der Waals surface area (Å²) in [5.74, 6) is 1.43. The lowest BCUT2D eigenvalue weighted by molar-refractivity contribution is 0.242. The maximum atomic E-state index is 12.4. The van der Waals surface area contributed by atoms with Crippen LogP contribution in [0.4, 0.5) is 4.39 Å². The smallest absolute Gasteiger partial charge is 0.123 e. The van der Waals surface area contributed by atoms with Crippen molar-refractivity contribution in [1.82, 2.24) is 0 Å². The second kappa shape index (κ2) is 9.17. The molecule has 2 aromatic carbocycles. The summed E-state index contributed by atoms with van der Waals surface area (Å²) in [6.07, 6.45) is 1.29. The fraction of sp³-hybridized carbons (Fsp3) is 0.368. The highest BCUT2D eigenvalue weighted by molar-refractivity contribution is 5.21. The highest BCUT2D eigenvalue weighted by atomic mass is 19.1. The van der Waals surface area contributed by atoms with Crippen molar-refractivity contribution in [3.63, 3.8) is 0 Å². The van der Waals surface area contributed by atoms with Crippen LogP contribution in [0.1, 0.15) is 33.3 Å². The number of hydrogen-bond acceptors (Lipinski definition) is 1. The maximum absolute atomic E-state index is 12.4. The molecule has 0 saturated heterocycles. The predicted octanol–water partition coefficient (Wildman–Crippen LogP) is 5.50. The molecule has 0 heterocycles. The standard InChI is InChI=1S/C10H13F.C9H12O/c1-8(2)7-9-3-5-10(11)6-4-9;1-8(2)10-9-6-4-3-5-7-9/h3-6,8H,7H2,1-2H3;3-8H,1-2H3. The van der Waals surface area contributed by atoms with Crippen molar-refractivity contribution in [2.24, 2.45) is 5.92 Å². The van der Waals surface area contributed by atoms with Crippen molar-refractivity contribution in [3.05, 3.63) is 66.0 Å². The number of hydrogen-bond donors (Lipinski definition) is 0. The topological polar surface area (TPSA) is 9.23 Å². The summed E-state index contributed by atoms with van der Waals surface area (Å²) >= 11 is 0. The third kappa shape index (κ3) is 8.13. The lowest BCUT2D eigenvalue weighted by Gasteiger charge is -2.07. The molecule has 2 aromatic rings. The summed E-state index contributed by atoms with van der Waals surface area (Å²) in [6.45, 7) is 8.35. The number of ether oxygens (including phenoxy) is 1. The molecule has 0 N–H and O–H groups in total. The van der Waals surface area contributed by atoms with Crippen LogP contribution in [0, 0.1) is 11.7 Å². The first kappa shape index (κ1) is 17.2. The Kier molecular flexibility index (Phi) is 7.52. The molecule has 21 heavy (non-hydrogen) atoms. The minimum atomic E-state index is -0.155. The molecule has 0 aliphatic rings. The van der Waals surface area contributed by atoms with Crippen molar-refractivity contribution < 1.29 is 9.13 Å². The summed E-state index contributed by atoms with van der Waals surface area (Å²) in [4.78, 5) is 0. The van der Waals surface area contributed by atoms with Gasteiger partial charge in [0.2, 0.25) is 0 Å². The van der Waals surface area contributed by atoms with Gasteiger partial charge in [0.15, 0.2) is 0 Å². The van der Waals surface area contributed by atoms with Crippen LogP contribution in [0.3, 0.4) is 0 Å². The Labute approximate surface area is 127 Å². The zero-order valence-corrected chi connectivity index (χ0v) is 13.3. The van der Waals surface area contributed by atoms with Crippen LogP contribution in [0.15, 0.2) is 54.6 Å². The van der Waals surface area contributed by atoms with Crippen molar-refractivity contribution in [2.45, 2.75) is 40.2 Å². The zero-order valence-electron chi connectivity index (χ0n) is 13.3. The SMILES string of the molecule is CC(C)Cc1ccc(F)cc1.CC(C)Oc1ccccc1. The van der Waals surface area contributed by atoms with Gasteiger partial charge in [-0.1, -0.05) is 44.2 Å². The van der Waals surface area contributed by atoms with E-state index in [1.54, 1.807) is 0 Å². The highest BCUT2D eigenvalue weighted by Crippen LogP contribution is 2.10. The minimum absolute atomic E-state index is 0.155. The second-order valence-electron chi connectivity index (χ2n) is 5.70. The van der Waals surface area contributed by atoms with Gasteiger partial charge in [-0.25, -0.2) is 4.39 Å². The third-order valence-electron chi connectivity index (χ3n) is 2.67. The number of benzene rings is 2. The molecular formula is C19H25FO. The number of para-hydroxylation sites is 1. The van der Waals surface area contributed by atoms with Gasteiger partial charge in [-0.3, -0.25) is 0 Å². The quantitative estimate of drug-likeness (QED) is 0.722. The zero-order chi connectivity index (χ0) is 15.7. The molecule has 0 saturated carbocycles. The predicted molar refractivity (Wildman–Crippen MR) is 87.1 cm³/mol. The van der Waals surface area contributed by atoms with E-state index in [1.165, 1.54) is 17.7 Å². The Morgan fingerprint density at radius 3 is 1.90 bits per heavy atom. The van der Waals surface area contributed by atoms with Crippen molar-refractivity contribution in [3.8, 4) is 5.75 Å². The molecule has 0 amide bonds. The fourth-order valence-electron chi connectivity index (χ4n) is 1.86. The van der Waals surface area contributed by atoms with Gasteiger partial charge in [-0.2, -0.15) is 0 Å². The molecule has 0 bridgehead atoms. The third-order valence-corrected chi connectivity index (χ3v) is 2.67. The summed E-state index contributed by atoms with van der Waals surface area (Å²) in [5.41, 5.74) is 1.21. The lowest BCUT2D eigenvalue weighted by Crippen LogP contribution is -2.04. The molecule has 0 aliphatic carbocycles. The molecule has 0 unspecified atom stereocenters. The maximum Gasteiger partial charge on any atom is 0.123 e. The van der Waals surface area contributed by atoms with Crippen LogP contribution in [0.5, 0.6) is 5.75 Å². The van der Waals surface area contributed by atoms with Crippen LogP contribution < -0.4 is 4.74 Å². The molecule has 0 aliphatic heterocycles. The van der Waals surface area contributed by atoms with E-state index in [1.807, 2.05) is 56.3 Å². The van der Waals surface area contributed by atoms with Gasteiger partial charge in [0, 0.05) is 0 Å². The fourth-order valence-corrected chi connectivity index (χ4v) is 1.86. The second-order valence-corrected chi connectivity index (χ2v) is 5.70. The van der Waals surface area contributed by atoms with Gasteiger partial charge in [0.25, 0.3) is 0 Å². The molecular weight excluding hydrogens is 263 g/mol. The van der Waals surface area contributed by atoms with Crippen molar-refractivity contribution in [1.29, 1.82) is 0 Å². The molecule has 2 heteroatoms. The van der Waals surface area contributed by atoms with Gasteiger partial charge in [0.05, 0.1) is 6.10 Å². The molecule has 0 radical (unpaired) electrons.